The van der Waals surface area contributed by atoms with E-state index in [0.717, 1.165) is 28.1 Å². The smallest absolute Gasteiger partial charge is 0.352 e. The van der Waals surface area contributed by atoms with E-state index in [9.17, 15) is 28.3 Å². The molecule has 31 heavy (non-hydrogen) atoms. The molecule has 1 fully saturated rings. The fraction of sp³-hybridized carbons (Fsp3) is 0.278. The highest BCUT2D eigenvalue weighted by molar-refractivity contribution is 8.01. The Morgan fingerprint density at radius 3 is 2.65 bits per heavy atom. The monoisotopic (exact) mass is 484 g/mol. The zero-order valence-electron chi connectivity index (χ0n) is 15.8. The van der Waals surface area contributed by atoms with Crippen molar-refractivity contribution in [1.82, 2.24) is 20.4 Å². The van der Waals surface area contributed by atoms with E-state index in [-0.39, 0.29) is 5.70 Å². The van der Waals surface area contributed by atoms with Gasteiger partial charge in [-0.15, -0.1) is 22.0 Å². The van der Waals surface area contributed by atoms with E-state index in [1.54, 1.807) is 0 Å². The first-order valence-electron chi connectivity index (χ1n) is 8.85. The largest absolute Gasteiger partial charge is 0.477 e. The van der Waals surface area contributed by atoms with Gasteiger partial charge in [0.2, 0.25) is 0 Å². The van der Waals surface area contributed by atoms with E-state index in [0.29, 0.717) is 21.4 Å². The van der Waals surface area contributed by atoms with Crippen molar-refractivity contribution >= 4 is 52.6 Å². The van der Waals surface area contributed by atoms with Gasteiger partial charge in [0.25, 0.3) is 11.8 Å². The van der Waals surface area contributed by atoms with Gasteiger partial charge in [-0.2, -0.15) is 0 Å². The highest BCUT2D eigenvalue weighted by atomic mass is 32.2. The molecule has 0 radical (unpaired) electrons. The van der Waals surface area contributed by atoms with Crippen LogP contribution in [0.5, 0.6) is 0 Å². The van der Waals surface area contributed by atoms with Gasteiger partial charge in [0.05, 0.1) is 0 Å². The summed E-state index contributed by atoms with van der Waals surface area (Å²) in [5, 5.41) is 20.0. The predicted molar refractivity (Wildman–Crippen MR) is 111 cm³/mol. The number of fused-ring (bicyclic) bond motifs is 1. The van der Waals surface area contributed by atoms with Crippen LogP contribution >= 0.6 is 34.9 Å². The molecule has 4 rings (SSSR count). The maximum absolute atomic E-state index is 13.9. The summed E-state index contributed by atoms with van der Waals surface area (Å²) in [6.45, 7) is 1.81. The van der Waals surface area contributed by atoms with E-state index in [1.165, 1.54) is 34.9 Å². The normalized spacial score (nSPS) is 20.4. The van der Waals surface area contributed by atoms with Gasteiger partial charge in [0.15, 0.2) is 4.34 Å². The van der Waals surface area contributed by atoms with Crippen molar-refractivity contribution in [2.75, 3.05) is 11.5 Å². The first-order chi connectivity index (χ1) is 14.8. The molecular weight excluding hydrogens is 470 g/mol. The number of nitrogens with one attached hydrogen (secondary N) is 1. The summed E-state index contributed by atoms with van der Waals surface area (Å²) in [4.78, 5) is 38.0. The number of nitrogens with zero attached hydrogens (tertiary/aromatic N) is 3. The number of hydrogen-bond acceptors (Lipinski definition) is 8. The minimum Gasteiger partial charge on any atom is -0.477 e. The van der Waals surface area contributed by atoms with Gasteiger partial charge < -0.3 is 10.4 Å². The van der Waals surface area contributed by atoms with Gasteiger partial charge in [-0.05, 0) is 24.6 Å². The number of amides is 2. The van der Waals surface area contributed by atoms with Gasteiger partial charge in [0, 0.05) is 11.5 Å². The zero-order chi connectivity index (χ0) is 22.3. The summed E-state index contributed by atoms with van der Waals surface area (Å²) in [6, 6.07) is 1.93. The van der Waals surface area contributed by atoms with Crippen LogP contribution in [0.4, 0.5) is 8.78 Å². The number of rotatable bonds is 6. The molecule has 0 saturated carbocycles. The molecule has 2 atom stereocenters. The molecule has 162 valence electrons. The van der Waals surface area contributed by atoms with Crippen LogP contribution in [0.25, 0.3) is 0 Å². The lowest BCUT2D eigenvalue weighted by molar-refractivity contribution is -0.148. The number of benzene rings is 1. The van der Waals surface area contributed by atoms with Crippen molar-refractivity contribution in [3.8, 4) is 0 Å². The Bertz CT molecular complexity index is 1100. The molecule has 1 aromatic heterocycles. The average molecular weight is 485 g/mol. The number of hydrogen-bond donors (Lipinski definition) is 2. The molecule has 1 aromatic carbocycles. The second-order valence-electron chi connectivity index (χ2n) is 6.59. The van der Waals surface area contributed by atoms with Crippen LogP contribution in [0.15, 0.2) is 33.8 Å². The van der Waals surface area contributed by atoms with Crippen LogP contribution in [0, 0.1) is 18.6 Å². The lowest BCUT2D eigenvalue weighted by atomic mass is 10.0. The molecular formula is C18H14F2N4O4S3. The summed E-state index contributed by atoms with van der Waals surface area (Å²) < 4.78 is 28.4. The summed E-state index contributed by atoms with van der Waals surface area (Å²) in [5.74, 6) is -4.42. The number of aromatic nitrogens is 2. The quantitative estimate of drug-likeness (QED) is 0.474. The van der Waals surface area contributed by atoms with E-state index >= 15 is 0 Å². The first-order valence-corrected chi connectivity index (χ1v) is 11.7. The fourth-order valence-corrected chi connectivity index (χ4v) is 6.51. The SMILES string of the molecule is Cc1nnc(SCC2=C(C(=O)O)N3C(=O)C(NC(=O)c4c(F)cccc4F)C3SC2)s1. The number of carbonyl (C=O) groups excluding carboxylic acids is 2. The van der Waals surface area contributed by atoms with Gasteiger partial charge in [-0.25, -0.2) is 13.6 Å². The van der Waals surface area contributed by atoms with Crippen molar-refractivity contribution in [3.05, 3.63) is 51.7 Å². The van der Waals surface area contributed by atoms with Crippen molar-refractivity contribution in [3.63, 3.8) is 0 Å². The average Bonchev–Trinajstić information content (AvgIpc) is 3.14. The minimum atomic E-state index is -1.26. The summed E-state index contributed by atoms with van der Waals surface area (Å²) in [5.41, 5.74) is -0.372. The van der Waals surface area contributed by atoms with E-state index < -0.39 is 46.4 Å². The Labute approximate surface area is 187 Å². The molecule has 0 spiro atoms. The Balaban J connectivity index is 1.50. The van der Waals surface area contributed by atoms with E-state index in [1.807, 2.05) is 6.92 Å². The summed E-state index contributed by atoms with van der Waals surface area (Å²) in [7, 11) is 0. The van der Waals surface area contributed by atoms with Crippen LogP contribution in [-0.4, -0.2) is 60.9 Å². The lowest BCUT2D eigenvalue weighted by Crippen LogP contribution is -2.70. The number of carboxylic acids is 1. The lowest BCUT2D eigenvalue weighted by Gasteiger charge is -2.49. The molecule has 3 heterocycles. The van der Waals surface area contributed by atoms with Crippen molar-refractivity contribution in [2.45, 2.75) is 22.7 Å². The highest BCUT2D eigenvalue weighted by Crippen LogP contribution is 2.41. The fourth-order valence-electron chi connectivity index (χ4n) is 3.21. The second-order valence-corrected chi connectivity index (χ2v) is 10.1. The van der Waals surface area contributed by atoms with Crippen LogP contribution in [0.3, 0.4) is 0 Å². The summed E-state index contributed by atoms with van der Waals surface area (Å²) >= 11 is 3.99. The highest BCUT2D eigenvalue weighted by Gasteiger charge is 2.54. The topological polar surface area (TPSA) is 112 Å². The third-order valence-electron chi connectivity index (χ3n) is 4.60. The van der Waals surface area contributed by atoms with Gasteiger partial charge in [-0.3, -0.25) is 14.5 Å². The molecule has 0 bridgehead atoms. The molecule has 1 saturated heterocycles. The zero-order valence-corrected chi connectivity index (χ0v) is 18.2. The van der Waals surface area contributed by atoms with E-state index in [2.05, 4.69) is 15.5 Å². The molecule has 2 unspecified atom stereocenters. The predicted octanol–water partition coefficient (Wildman–Crippen LogP) is 2.27. The maximum atomic E-state index is 13.9. The number of carbonyl (C=O) groups is 3. The number of carboxylic acid groups (broad SMARTS) is 1. The molecule has 0 aliphatic carbocycles. The molecule has 2 amide bonds. The maximum Gasteiger partial charge on any atom is 0.352 e. The van der Waals surface area contributed by atoms with E-state index in [4.69, 9.17) is 0 Å². The summed E-state index contributed by atoms with van der Waals surface area (Å²) in [6.07, 6.45) is 0. The Morgan fingerprint density at radius 2 is 2.03 bits per heavy atom. The molecule has 2 aromatic rings. The van der Waals surface area contributed by atoms with Crippen molar-refractivity contribution < 1.29 is 28.3 Å². The van der Waals surface area contributed by atoms with Gasteiger partial charge >= 0.3 is 5.97 Å². The first kappa shape index (κ1) is 21.7. The number of aliphatic carboxylic acids is 1. The number of halogens is 2. The third-order valence-corrected chi connectivity index (χ3v) is 8.00. The minimum absolute atomic E-state index is 0.134. The molecule has 13 heteroatoms. The number of thioether (sulfide) groups is 2. The second kappa shape index (κ2) is 8.55. The van der Waals surface area contributed by atoms with Gasteiger partial charge in [-0.1, -0.05) is 29.2 Å². The Kier molecular flexibility index (Phi) is 5.99. The standard InChI is InChI=1S/C18H14F2N4O4S3/c1-7-22-23-18(31-7)30-6-8-5-29-16-12(15(26)24(16)13(8)17(27)28)21-14(25)11-9(19)3-2-4-10(11)20/h2-4,12,16H,5-6H2,1H3,(H,21,25)(H,27,28). The molecule has 2 N–H and O–H groups in total. The number of aryl methyl sites for hydroxylation is 1. The van der Waals surface area contributed by atoms with Crippen molar-refractivity contribution in [1.29, 1.82) is 0 Å². The molecule has 2 aliphatic heterocycles. The molecule has 8 nitrogen and oxygen atoms in total. The van der Waals surface area contributed by atoms with Crippen molar-refractivity contribution in [2.24, 2.45) is 0 Å². The van der Waals surface area contributed by atoms with Crippen LogP contribution < -0.4 is 5.32 Å². The third kappa shape index (κ3) is 4.04. The Morgan fingerprint density at radius 1 is 1.32 bits per heavy atom. The molecule has 2 aliphatic rings. The van der Waals surface area contributed by atoms with Crippen LogP contribution in [-0.2, 0) is 9.59 Å². The number of β-lactam (4-membered cyclic amide) rings is 1. The Hall–Kier alpha value is -2.51. The van der Waals surface area contributed by atoms with Gasteiger partial charge in [0.1, 0.15) is 39.3 Å². The van der Waals surface area contributed by atoms with Crippen LogP contribution in [0.1, 0.15) is 15.4 Å². The van der Waals surface area contributed by atoms with Crippen LogP contribution in [0.2, 0.25) is 0 Å².